The van der Waals surface area contributed by atoms with Crippen molar-refractivity contribution < 1.29 is 19.0 Å². The lowest BCUT2D eigenvalue weighted by atomic mass is 10.2. The van der Waals surface area contributed by atoms with Gasteiger partial charge in [-0.15, -0.1) is 0 Å². The Morgan fingerprint density at radius 2 is 1.76 bits per heavy atom. The average molecular weight is 429 g/mol. The quantitative estimate of drug-likeness (QED) is 0.607. The van der Waals surface area contributed by atoms with Crippen molar-refractivity contribution in [3.8, 4) is 17.2 Å². The van der Waals surface area contributed by atoms with Gasteiger partial charge in [-0.3, -0.25) is 4.79 Å². The molecule has 0 spiro atoms. The Hall–Kier alpha value is -1.92. The van der Waals surface area contributed by atoms with E-state index in [4.69, 9.17) is 25.8 Å². The molecule has 1 amide bonds. The van der Waals surface area contributed by atoms with E-state index in [1.54, 1.807) is 12.1 Å². The highest BCUT2D eigenvalue weighted by Crippen LogP contribution is 2.36. The zero-order valence-corrected chi connectivity index (χ0v) is 16.3. The summed E-state index contributed by atoms with van der Waals surface area (Å²) in [5, 5.41) is 3.16. The summed E-state index contributed by atoms with van der Waals surface area (Å²) >= 11 is 9.52. The van der Waals surface area contributed by atoms with Gasteiger partial charge < -0.3 is 19.5 Å². The second-order valence-electron chi connectivity index (χ2n) is 5.14. The van der Waals surface area contributed by atoms with E-state index in [1.807, 2.05) is 24.3 Å². The van der Waals surface area contributed by atoms with Crippen LogP contribution in [0, 0.1) is 0 Å². The molecule has 0 fully saturated rings. The van der Waals surface area contributed by atoms with Crippen LogP contribution in [-0.4, -0.2) is 26.7 Å². The van der Waals surface area contributed by atoms with Crippen LogP contribution in [-0.2, 0) is 4.79 Å². The number of carbonyl (C=O) groups excluding carboxylic acids is 1. The summed E-state index contributed by atoms with van der Waals surface area (Å²) in [4.78, 5) is 12.1. The van der Waals surface area contributed by atoms with Crippen LogP contribution in [0.25, 0.3) is 0 Å². The molecule has 134 valence electrons. The van der Waals surface area contributed by atoms with Crippen LogP contribution in [0.2, 0.25) is 5.02 Å². The Balaban J connectivity index is 1.83. The minimum absolute atomic E-state index is 0.145. The van der Waals surface area contributed by atoms with Crippen molar-refractivity contribution in [2.24, 2.45) is 0 Å². The minimum Gasteiger partial charge on any atom is -0.494 e. The van der Waals surface area contributed by atoms with Crippen molar-refractivity contribution >= 4 is 39.1 Å². The van der Waals surface area contributed by atoms with Crippen LogP contribution in [0.3, 0.4) is 0 Å². The molecule has 0 aliphatic rings. The summed E-state index contributed by atoms with van der Waals surface area (Å²) in [6, 6.07) is 10.8. The number of ether oxygens (including phenoxy) is 3. The maximum atomic E-state index is 12.1. The Bertz CT molecular complexity index is 722. The molecule has 0 unspecified atom stereocenters. The van der Waals surface area contributed by atoms with E-state index in [0.29, 0.717) is 41.7 Å². The predicted octanol–water partition coefficient (Wildman–Crippen LogP) is 4.92. The number of carbonyl (C=O) groups is 1. The van der Waals surface area contributed by atoms with Crippen molar-refractivity contribution in [1.82, 2.24) is 0 Å². The van der Waals surface area contributed by atoms with Crippen LogP contribution in [0.5, 0.6) is 17.2 Å². The predicted molar refractivity (Wildman–Crippen MR) is 102 cm³/mol. The lowest BCUT2D eigenvalue weighted by Crippen LogP contribution is -2.13. The lowest BCUT2D eigenvalue weighted by Gasteiger charge is -2.12. The first-order valence-corrected chi connectivity index (χ1v) is 8.80. The topological polar surface area (TPSA) is 56.8 Å². The number of halogens is 2. The van der Waals surface area contributed by atoms with Gasteiger partial charge in [0.15, 0.2) is 11.5 Å². The fraction of sp³-hybridized carbons (Fsp3) is 0.278. The van der Waals surface area contributed by atoms with E-state index >= 15 is 0 Å². The molecular formula is C18H19BrClNO4. The molecule has 0 bridgehead atoms. The number of rotatable bonds is 8. The van der Waals surface area contributed by atoms with Crippen molar-refractivity contribution in [3.63, 3.8) is 0 Å². The van der Waals surface area contributed by atoms with E-state index in [9.17, 15) is 4.79 Å². The fourth-order valence-electron chi connectivity index (χ4n) is 2.12. The number of amides is 1. The third-order valence-electron chi connectivity index (χ3n) is 3.38. The van der Waals surface area contributed by atoms with Gasteiger partial charge in [-0.1, -0.05) is 27.5 Å². The SMILES string of the molecule is COc1cc(Cl)c(NC(=O)CCCOc2ccc(Br)cc2)cc1OC. The van der Waals surface area contributed by atoms with E-state index < -0.39 is 0 Å². The summed E-state index contributed by atoms with van der Waals surface area (Å²) < 4.78 is 17.0. The smallest absolute Gasteiger partial charge is 0.224 e. The van der Waals surface area contributed by atoms with Crippen LogP contribution in [0.15, 0.2) is 40.9 Å². The molecule has 2 aromatic rings. The molecule has 25 heavy (non-hydrogen) atoms. The van der Waals surface area contributed by atoms with Crippen LogP contribution in [0.1, 0.15) is 12.8 Å². The lowest BCUT2D eigenvalue weighted by molar-refractivity contribution is -0.116. The molecule has 5 nitrogen and oxygen atoms in total. The Labute approximate surface area is 160 Å². The molecule has 0 atom stereocenters. The number of anilines is 1. The molecule has 1 N–H and O–H groups in total. The Kier molecular flexibility index (Phi) is 7.40. The van der Waals surface area contributed by atoms with Gasteiger partial charge in [0.2, 0.25) is 5.91 Å². The molecule has 0 heterocycles. The zero-order chi connectivity index (χ0) is 18.2. The van der Waals surface area contributed by atoms with Crippen molar-refractivity contribution in [2.45, 2.75) is 12.8 Å². The molecule has 0 aliphatic heterocycles. The van der Waals surface area contributed by atoms with Gasteiger partial charge in [-0.25, -0.2) is 0 Å². The van der Waals surface area contributed by atoms with Crippen LogP contribution in [0.4, 0.5) is 5.69 Å². The third-order valence-corrected chi connectivity index (χ3v) is 4.22. The second-order valence-corrected chi connectivity index (χ2v) is 6.46. The highest BCUT2D eigenvalue weighted by molar-refractivity contribution is 9.10. The van der Waals surface area contributed by atoms with Gasteiger partial charge in [0, 0.05) is 23.0 Å². The second kappa shape index (κ2) is 9.53. The summed E-state index contributed by atoms with van der Waals surface area (Å²) in [5.74, 6) is 1.63. The first kappa shape index (κ1) is 19.4. The number of hydrogen-bond acceptors (Lipinski definition) is 4. The van der Waals surface area contributed by atoms with Gasteiger partial charge in [0.1, 0.15) is 5.75 Å². The molecule has 0 radical (unpaired) electrons. The molecule has 2 aromatic carbocycles. The molecular weight excluding hydrogens is 410 g/mol. The maximum Gasteiger partial charge on any atom is 0.224 e. The Morgan fingerprint density at radius 1 is 1.12 bits per heavy atom. The minimum atomic E-state index is -0.145. The van der Waals surface area contributed by atoms with Crippen molar-refractivity contribution in [3.05, 3.63) is 45.9 Å². The Morgan fingerprint density at radius 3 is 2.40 bits per heavy atom. The molecule has 0 saturated heterocycles. The average Bonchev–Trinajstić information content (AvgIpc) is 2.61. The zero-order valence-electron chi connectivity index (χ0n) is 14.0. The fourth-order valence-corrected chi connectivity index (χ4v) is 2.58. The highest BCUT2D eigenvalue weighted by atomic mass is 79.9. The van der Waals surface area contributed by atoms with Gasteiger partial charge in [-0.2, -0.15) is 0 Å². The summed E-state index contributed by atoms with van der Waals surface area (Å²) in [6.07, 6.45) is 0.911. The first-order chi connectivity index (χ1) is 12.0. The normalized spacial score (nSPS) is 10.2. The van der Waals surface area contributed by atoms with E-state index in [2.05, 4.69) is 21.2 Å². The highest BCUT2D eigenvalue weighted by Gasteiger charge is 2.12. The summed E-state index contributed by atoms with van der Waals surface area (Å²) in [7, 11) is 3.05. The van der Waals surface area contributed by atoms with E-state index in [0.717, 1.165) is 10.2 Å². The number of hydrogen-bond donors (Lipinski definition) is 1. The number of benzene rings is 2. The van der Waals surface area contributed by atoms with Crippen LogP contribution >= 0.6 is 27.5 Å². The molecule has 2 rings (SSSR count). The van der Waals surface area contributed by atoms with E-state index in [1.165, 1.54) is 14.2 Å². The molecule has 0 aromatic heterocycles. The summed E-state index contributed by atoms with van der Waals surface area (Å²) in [6.45, 7) is 0.453. The largest absolute Gasteiger partial charge is 0.494 e. The molecule has 0 saturated carbocycles. The van der Waals surface area contributed by atoms with Gasteiger partial charge in [0.05, 0.1) is 31.5 Å². The number of methoxy groups -OCH3 is 2. The van der Waals surface area contributed by atoms with Gasteiger partial charge in [0.25, 0.3) is 0 Å². The first-order valence-electron chi connectivity index (χ1n) is 7.63. The number of nitrogens with one attached hydrogen (secondary N) is 1. The van der Waals surface area contributed by atoms with Crippen molar-refractivity contribution in [1.29, 1.82) is 0 Å². The molecule has 0 aliphatic carbocycles. The van der Waals surface area contributed by atoms with Crippen molar-refractivity contribution in [2.75, 3.05) is 26.1 Å². The molecule has 7 heteroatoms. The van der Waals surface area contributed by atoms with E-state index in [-0.39, 0.29) is 5.91 Å². The third kappa shape index (κ3) is 5.83. The standard InChI is InChI=1S/C18H19BrClNO4/c1-23-16-10-14(20)15(11-17(16)24-2)21-18(22)4-3-9-25-13-7-5-12(19)6-8-13/h5-8,10-11H,3-4,9H2,1-2H3,(H,21,22). The summed E-state index contributed by atoms with van der Waals surface area (Å²) in [5.41, 5.74) is 0.484. The van der Waals surface area contributed by atoms with Gasteiger partial charge >= 0.3 is 0 Å². The monoisotopic (exact) mass is 427 g/mol. The van der Waals surface area contributed by atoms with Crippen LogP contribution < -0.4 is 19.5 Å². The maximum absolute atomic E-state index is 12.1. The van der Waals surface area contributed by atoms with Gasteiger partial charge in [-0.05, 0) is 30.7 Å².